The number of carbonyl (C=O) groups excluding carboxylic acids is 1. The van der Waals surface area contributed by atoms with Crippen LogP contribution in [0.5, 0.6) is 0 Å². The van der Waals surface area contributed by atoms with Crippen LogP contribution in [0.4, 0.5) is 5.69 Å². The number of nitrogens with one attached hydrogen (secondary N) is 2. The van der Waals surface area contributed by atoms with Crippen molar-refractivity contribution < 1.29 is 14.4 Å². The Morgan fingerprint density at radius 2 is 1.81 bits per heavy atom. The molecule has 140 valence electrons. The van der Waals surface area contributed by atoms with Gasteiger partial charge in [0.15, 0.2) is 6.54 Å². The van der Waals surface area contributed by atoms with Crippen LogP contribution in [-0.2, 0) is 9.53 Å². The maximum atomic E-state index is 12.6. The van der Waals surface area contributed by atoms with Gasteiger partial charge in [-0.15, -0.1) is 0 Å². The van der Waals surface area contributed by atoms with Crippen molar-refractivity contribution in [1.82, 2.24) is 9.78 Å². The van der Waals surface area contributed by atoms with Gasteiger partial charge in [0.2, 0.25) is 0 Å². The Bertz CT molecular complexity index is 772. The summed E-state index contributed by atoms with van der Waals surface area (Å²) in [6.45, 7) is 12.3. The number of ether oxygens (including phenoxy) is 1. The third kappa shape index (κ3) is 4.14. The molecule has 0 bridgehead atoms. The molecule has 0 radical (unpaired) electrons. The van der Waals surface area contributed by atoms with Gasteiger partial charge in [0, 0.05) is 0 Å². The highest BCUT2D eigenvalue weighted by Crippen LogP contribution is 2.22. The number of hydrogen-bond acceptors (Lipinski definition) is 3. The zero-order valence-corrected chi connectivity index (χ0v) is 16.3. The normalized spacial score (nSPS) is 23.0. The first-order valence-electron chi connectivity index (χ1n) is 9.25. The minimum Gasteiger partial charge on any atom is -0.364 e. The van der Waals surface area contributed by atoms with E-state index in [1.54, 1.807) is 0 Å². The molecular formula is C20H29N4O2+. The summed E-state index contributed by atoms with van der Waals surface area (Å²) in [5, 5.41) is 7.68. The molecule has 0 spiro atoms. The number of nitrogens with zero attached hydrogens (tertiary/aromatic N) is 2. The molecule has 0 aliphatic carbocycles. The minimum absolute atomic E-state index is 0.0240. The van der Waals surface area contributed by atoms with Crippen LogP contribution in [-0.4, -0.2) is 47.5 Å². The molecule has 1 aliphatic rings. The Hall–Kier alpha value is -2.18. The van der Waals surface area contributed by atoms with E-state index in [1.807, 2.05) is 30.7 Å². The van der Waals surface area contributed by atoms with E-state index in [-0.39, 0.29) is 18.1 Å². The lowest BCUT2D eigenvalue weighted by Crippen LogP contribution is -3.16. The van der Waals surface area contributed by atoms with Gasteiger partial charge in [-0.3, -0.25) is 4.79 Å². The summed E-state index contributed by atoms with van der Waals surface area (Å²) in [5.41, 5.74) is 4.79. The zero-order chi connectivity index (χ0) is 18.8. The molecule has 0 saturated carbocycles. The number of benzene rings is 1. The molecule has 1 fully saturated rings. The maximum Gasteiger partial charge on any atom is 0.279 e. The quantitative estimate of drug-likeness (QED) is 0.870. The van der Waals surface area contributed by atoms with Crippen molar-refractivity contribution in [2.45, 2.75) is 46.8 Å². The molecule has 1 amide bonds. The van der Waals surface area contributed by atoms with Crippen LogP contribution >= 0.6 is 0 Å². The first-order valence-corrected chi connectivity index (χ1v) is 9.25. The SMILES string of the molecule is Cc1ccc(-n2nc(C)c(NC(=O)C[NH+]3C[C@H](C)O[C@@H](C)C3)c2C)cc1. The smallest absolute Gasteiger partial charge is 0.279 e. The van der Waals surface area contributed by atoms with E-state index in [1.165, 1.54) is 10.5 Å². The maximum absolute atomic E-state index is 12.6. The molecule has 2 N–H and O–H groups in total. The minimum atomic E-state index is 0.0240. The fraction of sp³-hybridized carbons (Fsp3) is 0.500. The summed E-state index contributed by atoms with van der Waals surface area (Å²) in [6, 6.07) is 8.21. The molecule has 3 rings (SSSR count). The number of rotatable bonds is 4. The lowest BCUT2D eigenvalue weighted by molar-refractivity contribution is -0.907. The van der Waals surface area contributed by atoms with E-state index < -0.39 is 0 Å². The van der Waals surface area contributed by atoms with Crippen molar-refractivity contribution in [3.05, 3.63) is 41.2 Å². The first kappa shape index (κ1) is 18.6. The van der Waals surface area contributed by atoms with Crippen LogP contribution in [0.3, 0.4) is 0 Å². The topological polar surface area (TPSA) is 60.6 Å². The van der Waals surface area contributed by atoms with Crippen LogP contribution in [0.15, 0.2) is 24.3 Å². The number of morpholine rings is 1. The lowest BCUT2D eigenvalue weighted by Gasteiger charge is -2.31. The summed E-state index contributed by atoms with van der Waals surface area (Å²) < 4.78 is 7.63. The highest BCUT2D eigenvalue weighted by atomic mass is 16.5. The average molecular weight is 357 g/mol. The molecular weight excluding hydrogens is 328 g/mol. The summed E-state index contributed by atoms with van der Waals surface area (Å²) in [6.07, 6.45) is 0.378. The van der Waals surface area contributed by atoms with Gasteiger partial charge in [-0.05, 0) is 46.8 Å². The second-order valence-electron chi connectivity index (χ2n) is 7.43. The van der Waals surface area contributed by atoms with E-state index in [0.29, 0.717) is 6.54 Å². The Balaban J connectivity index is 1.71. The molecule has 1 aliphatic heterocycles. The standard InChI is InChI=1S/C20H28N4O2/c1-13-6-8-18(9-7-13)24-17(5)20(16(4)22-24)21-19(25)12-23-10-14(2)26-15(3)11-23/h6-9,14-15H,10-12H2,1-5H3,(H,21,25)/p+1/t14-,15-/m0/s1. The predicted octanol–water partition coefficient (Wildman–Crippen LogP) is 1.43. The van der Waals surface area contributed by atoms with Gasteiger partial charge in [-0.2, -0.15) is 5.10 Å². The van der Waals surface area contributed by atoms with Crippen LogP contribution in [0.2, 0.25) is 0 Å². The van der Waals surface area contributed by atoms with Crippen molar-refractivity contribution in [3.63, 3.8) is 0 Å². The molecule has 2 aromatic rings. The Labute approximate surface area is 155 Å². The Kier molecular flexibility index (Phi) is 5.44. The second kappa shape index (κ2) is 7.60. The van der Waals surface area contributed by atoms with Crippen LogP contribution in [0, 0.1) is 20.8 Å². The lowest BCUT2D eigenvalue weighted by atomic mass is 10.2. The third-order valence-electron chi connectivity index (χ3n) is 4.86. The number of quaternary nitrogens is 1. The van der Waals surface area contributed by atoms with Gasteiger partial charge in [0.05, 0.1) is 22.8 Å². The fourth-order valence-electron chi connectivity index (χ4n) is 3.71. The highest BCUT2D eigenvalue weighted by Gasteiger charge is 2.27. The molecule has 2 heterocycles. The molecule has 1 aromatic heterocycles. The van der Waals surface area contributed by atoms with Gasteiger partial charge in [-0.25, -0.2) is 4.68 Å². The Morgan fingerprint density at radius 1 is 1.19 bits per heavy atom. The molecule has 1 saturated heterocycles. The van der Waals surface area contributed by atoms with Crippen molar-refractivity contribution in [1.29, 1.82) is 0 Å². The largest absolute Gasteiger partial charge is 0.364 e. The molecule has 2 atom stereocenters. The van der Waals surface area contributed by atoms with Crippen LogP contribution in [0.1, 0.15) is 30.8 Å². The Morgan fingerprint density at radius 3 is 2.42 bits per heavy atom. The van der Waals surface area contributed by atoms with E-state index >= 15 is 0 Å². The fourth-order valence-corrected chi connectivity index (χ4v) is 3.71. The number of carbonyl (C=O) groups is 1. The average Bonchev–Trinajstić information content (AvgIpc) is 2.83. The highest BCUT2D eigenvalue weighted by molar-refractivity contribution is 5.92. The van der Waals surface area contributed by atoms with E-state index in [0.717, 1.165) is 35.9 Å². The van der Waals surface area contributed by atoms with Crippen molar-refractivity contribution >= 4 is 11.6 Å². The molecule has 26 heavy (non-hydrogen) atoms. The zero-order valence-electron chi connectivity index (χ0n) is 16.3. The van der Waals surface area contributed by atoms with Gasteiger partial charge in [0.1, 0.15) is 25.3 Å². The molecule has 6 nitrogen and oxygen atoms in total. The van der Waals surface area contributed by atoms with Gasteiger partial charge in [-0.1, -0.05) is 17.7 Å². The van der Waals surface area contributed by atoms with Crippen LogP contribution < -0.4 is 10.2 Å². The monoisotopic (exact) mass is 357 g/mol. The van der Waals surface area contributed by atoms with E-state index in [9.17, 15) is 4.79 Å². The summed E-state index contributed by atoms with van der Waals surface area (Å²) >= 11 is 0. The summed E-state index contributed by atoms with van der Waals surface area (Å²) in [5.74, 6) is 0.0240. The number of aromatic nitrogens is 2. The van der Waals surface area contributed by atoms with Gasteiger partial charge < -0.3 is 15.0 Å². The third-order valence-corrected chi connectivity index (χ3v) is 4.86. The number of aryl methyl sites for hydroxylation is 2. The number of anilines is 1. The number of hydrogen-bond donors (Lipinski definition) is 2. The van der Waals surface area contributed by atoms with Crippen LogP contribution in [0.25, 0.3) is 5.69 Å². The summed E-state index contributed by atoms with van der Waals surface area (Å²) in [4.78, 5) is 13.8. The molecule has 0 unspecified atom stereocenters. The van der Waals surface area contributed by atoms with Crippen molar-refractivity contribution in [2.75, 3.05) is 25.0 Å². The predicted molar refractivity (Wildman–Crippen MR) is 102 cm³/mol. The van der Waals surface area contributed by atoms with E-state index in [2.05, 4.69) is 43.3 Å². The summed E-state index contributed by atoms with van der Waals surface area (Å²) in [7, 11) is 0. The number of amides is 1. The van der Waals surface area contributed by atoms with Gasteiger partial charge >= 0.3 is 0 Å². The molecule has 1 aromatic carbocycles. The van der Waals surface area contributed by atoms with Gasteiger partial charge in [0.25, 0.3) is 5.91 Å². The second-order valence-corrected chi connectivity index (χ2v) is 7.43. The van der Waals surface area contributed by atoms with E-state index in [4.69, 9.17) is 4.74 Å². The molecule has 6 heteroatoms. The van der Waals surface area contributed by atoms with Crippen molar-refractivity contribution in [2.24, 2.45) is 0 Å². The first-order chi connectivity index (χ1) is 12.3. The van der Waals surface area contributed by atoms with Crippen molar-refractivity contribution in [3.8, 4) is 5.69 Å².